The molecule has 0 spiro atoms. The molecule has 1 heterocycles. The summed E-state index contributed by atoms with van der Waals surface area (Å²) in [4.78, 5) is 13.9. The van der Waals surface area contributed by atoms with E-state index in [1.54, 1.807) is 6.92 Å². The molecule has 0 N–H and O–H groups in total. The Kier molecular flexibility index (Phi) is 2.37. The van der Waals surface area contributed by atoms with E-state index in [0.29, 0.717) is 5.41 Å². The minimum atomic E-state index is 0.174. The number of carbonyl (C=O) groups excluding carboxylic acids is 1. The van der Waals surface area contributed by atoms with Gasteiger partial charge in [0.05, 0.1) is 0 Å². The number of nitrogens with zero attached hydrogens (tertiary/aromatic N) is 1. The Morgan fingerprint density at radius 2 is 2.29 bits per heavy atom. The van der Waals surface area contributed by atoms with Gasteiger partial charge < -0.3 is 4.90 Å². The monoisotopic (exact) mass is 229 g/mol. The van der Waals surface area contributed by atoms with Crippen LogP contribution in [0.4, 0.5) is 0 Å². The average molecular weight is 229 g/mol. The first-order valence-electron chi connectivity index (χ1n) is 6.42. The van der Waals surface area contributed by atoms with Gasteiger partial charge in [0, 0.05) is 17.5 Å². The van der Waals surface area contributed by atoms with Gasteiger partial charge in [0.25, 0.3) is 0 Å². The van der Waals surface area contributed by atoms with E-state index in [1.807, 2.05) is 12.1 Å². The van der Waals surface area contributed by atoms with Crippen molar-refractivity contribution in [3.63, 3.8) is 0 Å². The minimum Gasteiger partial charge on any atom is -0.306 e. The third kappa shape index (κ3) is 1.71. The standard InChI is InChI=1S/C15H19NO/c1-11(17)12-4-3-5-13(8-12)15-6-7-16(2)10-14(15)9-15/h3-5,8,14H,6-7,9-10H2,1-2H3. The van der Waals surface area contributed by atoms with Gasteiger partial charge in [-0.05, 0) is 50.9 Å². The molecule has 0 aromatic heterocycles. The molecule has 2 atom stereocenters. The highest BCUT2D eigenvalue weighted by Crippen LogP contribution is 2.58. The summed E-state index contributed by atoms with van der Waals surface area (Å²) in [6.45, 7) is 4.04. The van der Waals surface area contributed by atoms with Crippen LogP contribution in [0.2, 0.25) is 0 Å². The lowest BCUT2D eigenvalue weighted by molar-refractivity contribution is 0.101. The number of hydrogen-bond donors (Lipinski definition) is 0. The second-order valence-corrected chi connectivity index (χ2v) is 5.71. The molecule has 1 aromatic rings. The first kappa shape index (κ1) is 11.0. The molecule has 2 fully saturated rings. The van der Waals surface area contributed by atoms with E-state index in [4.69, 9.17) is 0 Å². The predicted octanol–water partition coefficient (Wildman–Crippen LogP) is 2.48. The van der Waals surface area contributed by atoms with Crippen molar-refractivity contribution in [3.05, 3.63) is 35.4 Å². The van der Waals surface area contributed by atoms with Crippen LogP contribution in [0.1, 0.15) is 35.7 Å². The SMILES string of the molecule is CC(=O)c1cccc(C23CCN(C)CC2C3)c1. The Hall–Kier alpha value is -1.15. The van der Waals surface area contributed by atoms with Crippen molar-refractivity contribution in [3.8, 4) is 0 Å². The van der Waals surface area contributed by atoms with Crippen molar-refractivity contribution in [1.29, 1.82) is 0 Å². The highest BCUT2D eigenvalue weighted by atomic mass is 16.1. The fourth-order valence-electron chi connectivity index (χ4n) is 3.33. The van der Waals surface area contributed by atoms with Gasteiger partial charge in [0.1, 0.15) is 0 Å². The molecule has 2 nitrogen and oxygen atoms in total. The molecular formula is C15H19NO. The van der Waals surface area contributed by atoms with Crippen molar-refractivity contribution in [2.45, 2.75) is 25.2 Å². The quantitative estimate of drug-likeness (QED) is 0.726. The molecule has 1 saturated carbocycles. The van der Waals surface area contributed by atoms with E-state index in [1.165, 1.54) is 31.5 Å². The maximum atomic E-state index is 11.4. The third-order valence-corrected chi connectivity index (χ3v) is 4.55. The fourth-order valence-corrected chi connectivity index (χ4v) is 3.33. The van der Waals surface area contributed by atoms with Gasteiger partial charge in [0.15, 0.2) is 5.78 Å². The highest BCUT2D eigenvalue weighted by molar-refractivity contribution is 5.94. The fraction of sp³-hybridized carbons (Fsp3) is 0.533. The molecule has 17 heavy (non-hydrogen) atoms. The summed E-state index contributed by atoms with van der Waals surface area (Å²) in [6, 6.07) is 8.29. The zero-order chi connectivity index (χ0) is 12.0. The Labute approximate surface area is 103 Å². The van der Waals surface area contributed by atoms with Crippen LogP contribution in [0.25, 0.3) is 0 Å². The first-order chi connectivity index (χ1) is 8.12. The lowest BCUT2D eigenvalue weighted by atomic mass is 9.86. The van der Waals surface area contributed by atoms with Crippen LogP contribution in [0, 0.1) is 5.92 Å². The Balaban J connectivity index is 1.91. The number of rotatable bonds is 2. The molecule has 2 unspecified atom stereocenters. The van der Waals surface area contributed by atoms with Crippen LogP contribution >= 0.6 is 0 Å². The van der Waals surface area contributed by atoms with Gasteiger partial charge in [0.2, 0.25) is 0 Å². The number of benzene rings is 1. The summed E-state index contributed by atoms with van der Waals surface area (Å²) in [5, 5.41) is 0. The Bertz CT molecular complexity index is 468. The maximum absolute atomic E-state index is 11.4. The number of ketones is 1. The normalized spacial score (nSPS) is 32.0. The van der Waals surface area contributed by atoms with Crippen LogP contribution in [-0.2, 0) is 5.41 Å². The molecular weight excluding hydrogens is 210 g/mol. The van der Waals surface area contributed by atoms with Crippen molar-refractivity contribution >= 4 is 5.78 Å². The second-order valence-electron chi connectivity index (χ2n) is 5.71. The number of likely N-dealkylation sites (tertiary alicyclic amines) is 1. The van der Waals surface area contributed by atoms with Gasteiger partial charge in [-0.3, -0.25) is 4.79 Å². The lowest BCUT2D eigenvalue weighted by Crippen LogP contribution is -2.33. The average Bonchev–Trinajstić information content (AvgIpc) is 3.04. The zero-order valence-electron chi connectivity index (χ0n) is 10.6. The van der Waals surface area contributed by atoms with E-state index in [-0.39, 0.29) is 5.78 Å². The van der Waals surface area contributed by atoms with Crippen LogP contribution < -0.4 is 0 Å². The number of fused-ring (bicyclic) bond motifs is 1. The summed E-state index contributed by atoms with van der Waals surface area (Å²) in [5.41, 5.74) is 2.66. The predicted molar refractivity (Wildman–Crippen MR) is 68.3 cm³/mol. The van der Waals surface area contributed by atoms with Gasteiger partial charge in [-0.2, -0.15) is 0 Å². The van der Waals surface area contributed by atoms with E-state index in [0.717, 1.165) is 11.5 Å². The lowest BCUT2D eigenvalue weighted by Gasteiger charge is -2.29. The Morgan fingerprint density at radius 1 is 1.47 bits per heavy atom. The van der Waals surface area contributed by atoms with Crippen LogP contribution in [0.15, 0.2) is 24.3 Å². The van der Waals surface area contributed by atoms with Gasteiger partial charge in [-0.25, -0.2) is 0 Å². The number of piperidine rings is 1. The summed E-state index contributed by atoms with van der Waals surface area (Å²) < 4.78 is 0. The molecule has 2 heteroatoms. The van der Waals surface area contributed by atoms with Crippen LogP contribution in [0.3, 0.4) is 0 Å². The molecule has 1 aliphatic carbocycles. The number of hydrogen-bond acceptors (Lipinski definition) is 2. The molecule has 1 aromatic carbocycles. The number of Topliss-reactive ketones (excluding diaryl/α,β-unsaturated/α-hetero) is 1. The first-order valence-corrected chi connectivity index (χ1v) is 6.42. The van der Waals surface area contributed by atoms with E-state index in [9.17, 15) is 4.79 Å². The molecule has 1 saturated heterocycles. The van der Waals surface area contributed by atoms with Crippen molar-refractivity contribution < 1.29 is 4.79 Å². The third-order valence-electron chi connectivity index (χ3n) is 4.55. The summed E-state index contributed by atoms with van der Waals surface area (Å²) in [5.74, 6) is 0.983. The van der Waals surface area contributed by atoms with Crippen LogP contribution in [-0.4, -0.2) is 30.8 Å². The molecule has 2 aliphatic rings. The summed E-state index contributed by atoms with van der Waals surface area (Å²) >= 11 is 0. The van der Waals surface area contributed by atoms with Crippen LogP contribution in [0.5, 0.6) is 0 Å². The Morgan fingerprint density at radius 3 is 3.00 bits per heavy atom. The highest BCUT2D eigenvalue weighted by Gasteiger charge is 2.56. The summed E-state index contributed by atoms with van der Waals surface area (Å²) in [7, 11) is 2.20. The van der Waals surface area contributed by atoms with Crippen molar-refractivity contribution in [2.24, 2.45) is 5.92 Å². The van der Waals surface area contributed by atoms with Gasteiger partial charge >= 0.3 is 0 Å². The van der Waals surface area contributed by atoms with E-state index < -0.39 is 0 Å². The van der Waals surface area contributed by atoms with E-state index in [2.05, 4.69) is 24.1 Å². The van der Waals surface area contributed by atoms with Crippen molar-refractivity contribution in [2.75, 3.05) is 20.1 Å². The van der Waals surface area contributed by atoms with Gasteiger partial charge in [-0.1, -0.05) is 18.2 Å². The second kappa shape index (κ2) is 3.67. The van der Waals surface area contributed by atoms with E-state index >= 15 is 0 Å². The molecule has 3 rings (SSSR count). The van der Waals surface area contributed by atoms with Gasteiger partial charge in [-0.15, -0.1) is 0 Å². The molecule has 90 valence electrons. The summed E-state index contributed by atoms with van der Waals surface area (Å²) in [6.07, 6.45) is 2.55. The van der Waals surface area contributed by atoms with Crippen molar-refractivity contribution in [1.82, 2.24) is 4.90 Å². The smallest absolute Gasteiger partial charge is 0.159 e. The molecule has 0 bridgehead atoms. The molecule has 0 amide bonds. The molecule has 1 aliphatic heterocycles. The topological polar surface area (TPSA) is 20.3 Å². The largest absolute Gasteiger partial charge is 0.306 e. The number of carbonyl (C=O) groups is 1. The minimum absolute atomic E-state index is 0.174. The zero-order valence-corrected chi connectivity index (χ0v) is 10.6. The molecule has 0 radical (unpaired) electrons. The maximum Gasteiger partial charge on any atom is 0.159 e.